The van der Waals surface area contributed by atoms with Gasteiger partial charge >= 0.3 is 0 Å². The van der Waals surface area contributed by atoms with E-state index >= 15 is 0 Å². The highest BCUT2D eigenvalue weighted by Crippen LogP contribution is 2.16. The van der Waals surface area contributed by atoms with E-state index in [0.29, 0.717) is 5.78 Å². The van der Waals surface area contributed by atoms with Crippen LogP contribution in [0, 0.1) is 5.92 Å². The number of hydrogen-bond donors (Lipinski definition) is 1. The largest absolute Gasteiger partial charge is 0.379 e. The molecule has 1 saturated heterocycles. The molecule has 4 heteroatoms. The zero-order chi connectivity index (χ0) is 11.8. The predicted molar refractivity (Wildman–Crippen MR) is 64.6 cm³/mol. The Labute approximate surface area is 98.3 Å². The maximum Gasteiger partial charge on any atom is 0.134 e. The highest BCUT2D eigenvalue weighted by atomic mass is 16.5. The lowest BCUT2D eigenvalue weighted by molar-refractivity contribution is -0.122. The predicted octanol–water partition coefficient (Wildman–Crippen LogP) is 0.523. The van der Waals surface area contributed by atoms with E-state index in [1.165, 1.54) is 0 Å². The summed E-state index contributed by atoms with van der Waals surface area (Å²) in [4.78, 5) is 13.6. The molecule has 1 N–H and O–H groups in total. The fraction of sp³-hybridized carbons (Fsp3) is 0.917. The number of hydrogen-bond acceptors (Lipinski definition) is 4. The minimum absolute atomic E-state index is 0.256. The summed E-state index contributed by atoms with van der Waals surface area (Å²) < 4.78 is 5.48. The number of piperidine rings is 1. The Kier molecular flexibility index (Phi) is 6.61. The van der Waals surface area contributed by atoms with Crippen molar-refractivity contribution >= 4 is 5.78 Å². The van der Waals surface area contributed by atoms with Crippen LogP contribution in [0.3, 0.4) is 0 Å². The monoisotopic (exact) mass is 228 g/mol. The molecule has 1 aliphatic rings. The van der Waals surface area contributed by atoms with Gasteiger partial charge in [-0.05, 0) is 33.4 Å². The van der Waals surface area contributed by atoms with Crippen LogP contribution in [0.1, 0.15) is 19.8 Å². The minimum Gasteiger partial charge on any atom is -0.379 e. The Morgan fingerprint density at radius 1 is 1.50 bits per heavy atom. The Bertz CT molecular complexity index is 209. The highest BCUT2D eigenvalue weighted by molar-refractivity contribution is 5.78. The van der Waals surface area contributed by atoms with Gasteiger partial charge < -0.3 is 15.0 Å². The van der Waals surface area contributed by atoms with Crippen molar-refractivity contribution in [2.75, 3.05) is 46.4 Å². The van der Waals surface area contributed by atoms with Crippen molar-refractivity contribution in [1.82, 2.24) is 10.2 Å². The van der Waals surface area contributed by atoms with Gasteiger partial charge in [0.25, 0.3) is 0 Å². The first kappa shape index (κ1) is 13.6. The van der Waals surface area contributed by atoms with Crippen LogP contribution in [0.4, 0.5) is 0 Å². The van der Waals surface area contributed by atoms with Gasteiger partial charge in [0.2, 0.25) is 0 Å². The standard InChI is InChI=1S/C12H24N2O2/c1-11(15)12-4-3-6-14(10-12)7-9-16-8-5-13-2/h12-13H,3-10H2,1-2H3. The molecule has 16 heavy (non-hydrogen) atoms. The quantitative estimate of drug-likeness (QED) is 0.645. The fourth-order valence-corrected chi connectivity index (χ4v) is 2.06. The molecule has 94 valence electrons. The van der Waals surface area contributed by atoms with E-state index in [1.54, 1.807) is 6.92 Å². The summed E-state index contributed by atoms with van der Waals surface area (Å²) in [5, 5.41) is 3.04. The summed E-state index contributed by atoms with van der Waals surface area (Å²) in [5.41, 5.74) is 0. The number of likely N-dealkylation sites (tertiary alicyclic amines) is 1. The first-order chi connectivity index (χ1) is 7.74. The molecule has 0 amide bonds. The number of rotatable bonds is 7. The maximum absolute atomic E-state index is 11.3. The molecule has 0 aromatic rings. The van der Waals surface area contributed by atoms with Crippen LogP contribution in [-0.4, -0.2) is 57.1 Å². The SMILES string of the molecule is CNCCOCCN1CCCC(C(C)=O)C1. The summed E-state index contributed by atoms with van der Waals surface area (Å²) in [5.74, 6) is 0.590. The minimum atomic E-state index is 0.256. The van der Waals surface area contributed by atoms with Crippen LogP contribution in [0.5, 0.6) is 0 Å². The van der Waals surface area contributed by atoms with Crippen LogP contribution in [0.15, 0.2) is 0 Å². The van der Waals surface area contributed by atoms with E-state index in [0.717, 1.165) is 52.2 Å². The molecule has 1 heterocycles. The third-order valence-corrected chi connectivity index (χ3v) is 3.13. The smallest absolute Gasteiger partial charge is 0.134 e. The van der Waals surface area contributed by atoms with Crippen LogP contribution < -0.4 is 5.32 Å². The van der Waals surface area contributed by atoms with E-state index in [2.05, 4.69) is 10.2 Å². The molecule has 1 atom stereocenters. The van der Waals surface area contributed by atoms with Crippen molar-refractivity contribution in [1.29, 1.82) is 0 Å². The van der Waals surface area contributed by atoms with E-state index in [9.17, 15) is 4.79 Å². The Balaban J connectivity index is 2.10. The number of ketones is 1. The van der Waals surface area contributed by atoms with Gasteiger partial charge in [-0.15, -0.1) is 0 Å². The molecular weight excluding hydrogens is 204 g/mol. The van der Waals surface area contributed by atoms with Crippen molar-refractivity contribution in [3.05, 3.63) is 0 Å². The Hall–Kier alpha value is -0.450. The van der Waals surface area contributed by atoms with E-state index in [4.69, 9.17) is 4.74 Å². The molecule has 1 fully saturated rings. The van der Waals surface area contributed by atoms with Gasteiger partial charge in [0.15, 0.2) is 0 Å². The summed E-state index contributed by atoms with van der Waals surface area (Å²) in [6.07, 6.45) is 2.20. The van der Waals surface area contributed by atoms with Gasteiger partial charge in [0.1, 0.15) is 5.78 Å². The molecule has 0 aliphatic carbocycles. The molecule has 4 nitrogen and oxygen atoms in total. The number of likely N-dealkylation sites (N-methyl/N-ethyl adjacent to an activating group) is 1. The van der Waals surface area contributed by atoms with Gasteiger partial charge in [0, 0.05) is 25.6 Å². The Morgan fingerprint density at radius 3 is 3.00 bits per heavy atom. The van der Waals surface area contributed by atoms with E-state index < -0.39 is 0 Å². The number of nitrogens with zero attached hydrogens (tertiary/aromatic N) is 1. The lowest BCUT2D eigenvalue weighted by atomic mass is 9.95. The van der Waals surface area contributed by atoms with Crippen LogP contribution >= 0.6 is 0 Å². The molecule has 0 radical (unpaired) electrons. The van der Waals surface area contributed by atoms with Gasteiger partial charge in [-0.2, -0.15) is 0 Å². The van der Waals surface area contributed by atoms with Gasteiger partial charge in [-0.3, -0.25) is 4.79 Å². The summed E-state index contributed by atoms with van der Waals surface area (Å²) in [6, 6.07) is 0. The molecule has 0 aromatic carbocycles. The van der Waals surface area contributed by atoms with Crippen molar-refractivity contribution in [3.8, 4) is 0 Å². The lowest BCUT2D eigenvalue weighted by Gasteiger charge is -2.31. The van der Waals surface area contributed by atoms with Crippen LogP contribution in [-0.2, 0) is 9.53 Å². The molecule has 0 bridgehead atoms. The number of ether oxygens (including phenoxy) is 1. The third-order valence-electron chi connectivity index (χ3n) is 3.13. The second-order valence-electron chi connectivity index (χ2n) is 4.47. The van der Waals surface area contributed by atoms with Gasteiger partial charge in [-0.25, -0.2) is 0 Å². The van der Waals surface area contributed by atoms with E-state index in [1.807, 2.05) is 7.05 Å². The molecule has 0 saturated carbocycles. The van der Waals surface area contributed by atoms with Crippen molar-refractivity contribution in [3.63, 3.8) is 0 Å². The number of carbonyl (C=O) groups is 1. The summed E-state index contributed by atoms with van der Waals surface area (Å²) >= 11 is 0. The van der Waals surface area contributed by atoms with Crippen molar-refractivity contribution in [2.24, 2.45) is 5.92 Å². The normalized spacial score (nSPS) is 22.2. The highest BCUT2D eigenvalue weighted by Gasteiger charge is 2.22. The maximum atomic E-state index is 11.3. The van der Waals surface area contributed by atoms with E-state index in [-0.39, 0.29) is 5.92 Å². The fourth-order valence-electron chi connectivity index (χ4n) is 2.06. The zero-order valence-electron chi connectivity index (χ0n) is 10.5. The zero-order valence-corrected chi connectivity index (χ0v) is 10.5. The first-order valence-corrected chi connectivity index (χ1v) is 6.19. The summed E-state index contributed by atoms with van der Waals surface area (Å²) in [6.45, 7) is 7.12. The summed E-state index contributed by atoms with van der Waals surface area (Å²) in [7, 11) is 1.92. The molecular formula is C12H24N2O2. The topological polar surface area (TPSA) is 41.6 Å². The van der Waals surface area contributed by atoms with Crippen molar-refractivity contribution < 1.29 is 9.53 Å². The van der Waals surface area contributed by atoms with Gasteiger partial charge in [0.05, 0.1) is 13.2 Å². The lowest BCUT2D eigenvalue weighted by Crippen LogP contribution is -2.39. The Morgan fingerprint density at radius 2 is 2.31 bits per heavy atom. The number of Topliss-reactive ketones (excluding diaryl/α,β-unsaturated/α-hetero) is 1. The molecule has 0 spiro atoms. The average Bonchev–Trinajstić information content (AvgIpc) is 2.29. The third kappa shape index (κ3) is 5.05. The molecule has 1 rings (SSSR count). The second kappa shape index (κ2) is 7.76. The molecule has 1 unspecified atom stereocenters. The number of nitrogens with one attached hydrogen (secondary N) is 1. The van der Waals surface area contributed by atoms with Gasteiger partial charge in [-0.1, -0.05) is 0 Å². The second-order valence-corrected chi connectivity index (χ2v) is 4.47. The molecule has 0 aromatic heterocycles. The average molecular weight is 228 g/mol. The number of carbonyl (C=O) groups excluding carboxylic acids is 1. The van der Waals surface area contributed by atoms with Crippen LogP contribution in [0.25, 0.3) is 0 Å². The molecule has 1 aliphatic heterocycles. The van der Waals surface area contributed by atoms with Crippen LogP contribution in [0.2, 0.25) is 0 Å². The first-order valence-electron chi connectivity index (χ1n) is 6.19. The van der Waals surface area contributed by atoms with Crippen molar-refractivity contribution in [2.45, 2.75) is 19.8 Å².